The molecule has 0 aromatic carbocycles. The van der Waals surface area contributed by atoms with E-state index in [9.17, 15) is 9.59 Å². The van der Waals surface area contributed by atoms with Crippen LogP contribution in [0.1, 0.15) is 5.56 Å². The first kappa shape index (κ1) is 14.2. The number of hydrogen-bond donors (Lipinski definition) is 0. The summed E-state index contributed by atoms with van der Waals surface area (Å²) in [7, 11) is 0. The molecule has 2 aromatic heterocycles. The Hall–Kier alpha value is -2.71. The molecule has 3 rings (SSSR count). The van der Waals surface area contributed by atoms with Gasteiger partial charge in [0.1, 0.15) is 12.9 Å². The Morgan fingerprint density at radius 1 is 1.14 bits per heavy atom. The van der Waals surface area contributed by atoms with Gasteiger partial charge in [-0.3, -0.25) is 9.59 Å². The molecule has 1 aliphatic heterocycles. The Labute approximate surface area is 126 Å². The Bertz CT molecular complexity index is 560. The number of carbonyl (C=O) groups is 2. The summed E-state index contributed by atoms with van der Waals surface area (Å²) in [5, 5.41) is 10.7. The van der Waals surface area contributed by atoms with Gasteiger partial charge in [-0.1, -0.05) is 0 Å². The predicted octanol–water partition coefficient (Wildman–Crippen LogP) is -0.820. The highest BCUT2D eigenvalue weighted by Gasteiger charge is 2.24. The van der Waals surface area contributed by atoms with Crippen molar-refractivity contribution in [3.63, 3.8) is 0 Å². The van der Waals surface area contributed by atoms with Crippen molar-refractivity contribution in [2.24, 2.45) is 0 Å². The van der Waals surface area contributed by atoms with Crippen LogP contribution in [-0.4, -0.2) is 68.0 Å². The quantitative estimate of drug-likeness (QED) is 0.732. The van der Waals surface area contributed by atoms with E-state index in [1.165, 1.54) is 11.0 Å². The van der Waals surface area contributed by atoms with E-state index in [-0.39, 0.29) is 18.4 Å². The molecule has 0 bridgehead atoms. The van der Waals surface area contributed by atoms with E-state index in [0.717, 1.165) is 5.56 Å². The molecule has 2 aromatic rings. The first-order valence-electron chi connectivity index (χ1n) is 7.00. The second kappa shape index (κ2) is 6.37. The average molecular weight is 304 g/mol. The average Bonchev–Trinajstić information content (AvgIpc) is 3.21. The molecule has 0 spiro atoms. The molecule has 22 heavy (non-hydrogen) atoms. The van der Waals surface area contributed by atoms with Crippen LogP contribution in [0.25, 0.3) is 0 Å². The topological polar surface area (TPSA) is 97.4 Å². The van der Waals surface area contributed by atoms with Crippen LogP contribution in [-0.2, 0) is 22.6 Å². The summed E-state index contributed by atoms with van der Waals surface area (Å²) < 4.78 is 6.35. The predicted molar refractivity (Wildman–Crippen MR) is 73.4 cm³/mol. The molecule has 1 saturated heterocycles. The molecule has 2 amide bonds. The fourth-order valence-corrected chi connectivity index (χ4v) is 2.38. The number of carbonyl (C=O) groups excluding carboxylic acids is 2. The van der Waals surface area contributed by atoms with Gasteiger partial charge in [-0.15, -0.1) is 5.10 Å². The molecule has 0 atom stereocenters. The van der Waals surface area contributed by atoms with Gasteiger partial charge >= 0.3 is 0 Å². The number of amides is 2. The summed E-state index contributed by atoms with van der Waals surface area (Å²) >= 11 is 0. The third-order valence-electron chi connectivity index (χ3n) is 3.61. The highest BCUT2D eigenvalue weighted by molar-refractivity contribution is 5.80. The van der Waals surface area contributed by atoms with Gasteiger partial charge in [0.25, 0.3) is 0 Å². The fraction of sp³-hybridized carbons (Fsp3) is 0.462. The Balaban J connectivity index is 1.47. The minimum atomic E-state index is -0.0470. The minimum Gasteiger partial charge on any atom is -0.472 e. The van der Waals surface area contributed by atoms with Crippen molar-refractivity contribution in [1.82, 2.24) is 30.0 Å². The van der Waals surface area contributed by atoms with Crippen LogP contribution in [0.15, 0.2) is 29.3 Å². The van der Waals surface area contributed by atoms with Crippen LogP contribution in [0.3, 0.4) is 0 Å². The maximum Gasteiger partial charge on any atom is 0.244 e. The molecule has 9 nitrogen and oxygen atoms in total. The SMILES string of the molecule is O=C(Cc1ccoc1)N1CCN(C(=O)Cn2cnnn2)CC1. The van der Waals surface area contributed by atoms with E-state index in [1.807, 2.05) is 0 Å². The van der Waals surface area contributed by atoms with Crippen molar-refractivity contribution in [2.45, 2.75) is 13.0 Å². The number of tetrazole rings is 1. The van der Waals surface area contributed by atoms with Gasteiger partial charge in [-0.05, 0) is 22.1 Å². The van der Waals surface area contributed by atoms with Crippen molar-refractivity contribution in [2.75, 3.05) is 26.2 Å². The van der Waals surface area contributed by atoms with Gasteiger partial charge < -0.3 is 14.2 Å². The fourth-order valence-electron chi connectivity index (χ4n) is 2.38. The summed E-state index contributed by atoms with van der Waals surface area (Å²) in [6.07, 6.45) is 4.86. The molecule has 116 valence electrons. The molecule has 1 aliphatic rings. The van der Waals surface area contributed by atoms with Gasteiger partial charge in [0.05, 0.1) is 18.9 Å². The third-order valence-corrected chi connectivity index (χ3v) is 3.61. The number of furan rings is 1. The highest BCUT2D eigenvalue weighted by Crippen LogP contribution is 2.08. The Morgan fingerprint density at radius 2 is 1.86 bits per heavy atom. The summed E-state index contributed by atoms with van der Waals surface area (Å²) in [4.78, 5) is 27.7. The Morgan fingerprint density at radius 3 is 2.45 bits per heavy atom. The minimum absolute atomic E-state index is 0.0470. The molecule has 0 radical (unpaired) electrons. The molecule has 9 heteroatoms. The second-order valence-electron chi connectivity index (χ2n) is 5.08. The maximum atomic E-state index is 12.1. The van der Waals surface area contributed by atoms with E-state index in [0.29, 0.717) is 32.6 Å². The lowest BCUT2D eigenvalue weighted by atomic mass is 10.2. The number of hydrogen-bond acceptors (Lipinski definition) is 6. The second-order valence-corrected chi connectivity index (χ2v) is 5.08. The number of piperazine rings is 1. The largest absolute Gasteiger partial charge is 0.472 e. The van der Waals surface area contributed by atoms with Gasteiger partial charge in [0, 0.05) is 26.2 Å². The van der Waals surface area contributed by atoms with Crippen molar-refractivity contribution < 1.29 is 14.0 Å². The van der Waals surface area contributed by atoms with E-state index in [4.69, 9.17) is 4.42 Å². The summed E-state index contributed by atoms with van der Waals surface area (Å²) in [5.41, 5.74) is 0.863. The molecule has 3 heterocycles. The van der Waals surface area contributed by atoms with Crippen molar-refractivity contribution >= 4 is 11.8 Å². The zero-order valence-electron chi connectivity index (χ0n) is 12.0. The smallest absolute Gasteiger partial charge is 0.244 e. The van der Waals surface area contributed by atoms with Crippen LogP contribution in [0, 0.1) is 0 Å². The summed E-state index contributed by atoms with van der Waals surface area (Å²) in [6.45, 7) is 2.25. The molecule has 0 N–H and O–H groups in total. The molecule has 0 aliphatic carbocycles. The molecular formula is C13H16N6O3. The maximum absolute atomic E-state index is 12.1. The van der Waals surface area contributed by atoms with Gasteiger partial charge in [-0.25, -0.2) is 4.68 Å². The lowest BCUT2D eigenvalue weighted by molar-refractivity contribution is -0.139. The van der Waals surface area contributed by atoms with Gasteiger partial charge in [0.15, 0.2) is 0 Å². The molecule has 0 saturated carbocycles. The summed E-state index contributed by atoms with van der Waals surface area (Å²) in [6, 6.07) is 1.78. The van der Waals surface area contributed by atoms with Crippen LogP contribution in [0.2, 0.25) is 0 Å². The van der Waals surface area contributed by atoms with Crippen molar-refractivity contribution in [3.8, 4) is 0 Å². The standard InChI is InChI=1S/C13H16N6O3/c20-12(7-11-1-6-22-9-11)17-2-4-18(5-3-17)13(21)8-19-10-14-15-16-19/h1,6,9-10H,2-5,7-8H2. The lowest BCUT2D eigenvalue weighted by Gasteiger charge is -2.34. The van der Waals surface area contributed by atoms with E-state index >= 15 is 0 Å². The number of aromatic nitrogens is 4. The lowest BCUT2D eigenvalue weighted by Crippen LogP contribution is -2.51. The van der Waals surface area contributed by atoms with E-state index in [2.05, 4.69) is 15.5 Å². The number of rotatable bonds is 4. The van der Waals surface area contributed by atoms with Gasteiger partial charge in [-0.2, -0.15) is 0 Å². The molecular weight excluding hydrogens is 288 g/mol. The monoisotopic (exact) mass is 304 g/mol. The number of nitrogens with zero attached hydrogens (tertiary/aromatic N) is 6. The molecule has 0 unspecified atom stereocenters. The zero-order chi connectivity index (χ0) is 15.4. The van der Waals surface area contributed by atoms with Crippen LogP contribution in [0.5, 0.6) is 0 Å². The van der Waals surface area contributed by atoms with E-state index in [1.54, 1.807) is 28.4 Å². The van der Waals surface area contributed by atoms with Crippen molar-refractivity contribution in [3.05, 3.63) is 30.5 Å². The van der Waals surface area contributed by atoms with E-state index < -0.39 is 0 Å². The van der Waals surface area contributed by atoms with Crippen LogP contribution >= 0.6 is 0 Å². The Kier molecular flexibility index (Phi) is 4.12. The van der Waals surface area contributed by atoms with Crippen molar-refractivity contribution in [1.29, 1.82) is 0 Å². The first-order valence-corrected chi connectivity index (χ1v) is 7.00. The third kappa shape index (κ3) is 3.30. The molecule has 1 fully saturated rings. The first-order chi connectivity index (χ1) is 10.7. The van der Waals surface area contributed by atoms with Gasteiger partial charge in [0.2, 0.25) is 11.8 Å². The zero-order valence-corrected chi connectivity index (χ0v) is 12.0. The normalized spacial score (nSPS) is 15.1. The van der Waals surface area contributed by atoms with Crippen LogP contribution < -0.4 is 0 Å². The highest BCUT2D eigenvalue weighted by atomic mass is 16.3. The summed E-state index contributed by atoms with van der Waals surface area (Å²) in [5.74, 6) is 0.00297. The van der Waals surface area contributed by atoms with Crippen LogP contribution in [0.4, 0.5) is 0 Å².